The molecule has 1 aromatic heterocycles. The molecule has 0 amide bonds. The average Bonchev–Trinajstić information content (AvgIpc) is 2.75. The van der Waals surface area contributed by atoms with Gasteiger partial charge in [-0.15, -0.1) is 0 Å². The van der Waals surface area contributed by atoms with Gasteiger partial charge in [0.25, 0.3) is 0 Å². The summed E-state index contributed by atoms with van der Waals surface area (Å²) in [6, 6.07) is 0.452. The zero-order valence-electron chi connectivity index (χ0n) is 10.8. The molecular formula is C12H22N4O. The summed E-state index contributed by atoms with van der Waals surface area (Å²) in [5.74, 6) is 0. The van der Waals surface area contributed by atoms with Gasteiger partial charge in [0.2, 0.25) is 0 Å². The van der Waals surface area contributed by atoms with E-state index in [1.807, 2.05) is 24.9 Å². The number of hydrogen-bond donors (Lipinski definition) is 1. The van der Waals surface area contributed by atoms with E-state index in [4.69, 9.17) is 10.5 Å². The average molecular weight is 238 g/mol. The Morgan fingerprint density at radius 2 is 2.29 bits per heavy atom. The first-order valence-electron chi connectivity index (χ1n) is 6.17. The molecule has 1 aromatic rings. The molecule has 1 aliphatic rings. The second-order valence-electron chi connectivity index (χ2n) is 4.89. The van der Waals surface area contributed by atoms with Gasteiger partial charge < -0.3 is 10.5 Å². The summed E-state index contributed by atoms with van der Waals surface area (Å²) >= 11 is 0. The lowest BCUT2D eigenvalue weighted by Crippen LogP contribution is -2.50. The predicted octanol–water partition coefficient (Wildman–Crippen LogP) is 0.529. The van der Waals surface area contributed by atoms with E-state index in [1.165, 1.54) is 5.56 Å². The molecule has 3 unspecified atom stereocenters. The Morgan fingerprint density at radius 1 is 1.53 bits per heavy atom. The van der Waals surface area contributed by atoms with Crippen molar-refractivity contribution in [1.82, 2.24) is 14.7 Å². The molecule has 1 aliphatic heterocycles. The maximum atomic E-state index is 5.90. The predicted molar refractivity (Wildman–Crippen MR) is 66.6 cm³/mol. The number of aryl methyl sites for hydroxylation is 1. The van der Waals surface area contributed by atoms with Crippen molar-refractivity contribution in [3.8, 4) is 0 Å². The van der Waals surface area contributed by atoms with Gasteiger partial charge >= 0.3 is 0 Å². The Bertz CT molecular complexity index is 363. The fraction of sp³-hybridized carbons (Fsp3) is 0.750. The van der Waals surface area contributed by atoms with Gasteiger partial charge in [0, 0.05) is 44.0 Å². The molecular weight excluding hydrogens is 216 g/mol. The second-order valence-corrected chi connectivity index (χ2v) is 4.89. The summed E-state index contributed by atoms with van der Waals surface area (Å²) in [6.07, 6.45) is 4.14. The monoisotopic (exact) mass is 238 g/mol. The van der Waals surface area contributed by atoms with Crippen molar-refractivity contribution in [3.05, 3.63) is 18.0 Å². The summed E-state index contributed by atoms with van der Waals surface area (Å²) in [6.45, 7) is 6.83. The van der Waals surface area contributed by atoms with Crippen LogP contribution in [0.1, 0.15) is 25.5 Å². The quantitative estimate of drug-likeness (QED) is 0.834. The molecule has 0 aliphatic carbocycles. The maximum absolute atomic E-state index is 5.90. The number of rotatable bonds is 3. The molecule has 2 N–H and O–H groups in total. The molecule has 0 bridgehead atoms. The smallest absolute Gasteiger partial charge is 0.0850 e. The summed E-state index contributed by atoms with van der Waals surface area (Å²) in [5, 5.41) is 4.22. The maximum Gasteiger partial charge on any atom is 0.0850 e. The van der Waals surface area contributed by atoms with Crippen LogP contribution < -0.4 is 5.73 Å². The summed E-state index contributed by atoms with van der Waals surface area (Å²) in [7, 11) is 1.94. The van der Waals surface area contributed by atoms with E-state index < -0.39 is 0 Å². The van der Waals surface area contributed by atoms with Gasteiger partial charge in [0.15, 0.2) is 0 Å². The molecule has 17 heavy (non-hydrogen) atoms. The summed E-state index contributed by atoms with van der Waals surface area (Å²) < 4.78 is 7.52. The molecule has 0 saturated carbocycles. The van der Waals surface area contributed by atoms with Crippen LogP contribution in [-0.4, -0.2) is 46.5 Å². The summed E-state index contributed by atoms with van der Waals surface area (Å²) in [5.41, 5.74) is 7.15. The van der Waals surface area contributed by atoms with Crippen molar-refractivity contribution < 1.29 is 4.74 Å². The molecule has 2 rings (SSSR count). The Balaban J connectivity index is 2.02. The highest BCUT2D eigenvalue weighted by Gasteiger charge is 2.27. The van der Waals surface area contributed by atoms with Gasteiger partial charge in [-0.2, -0.15) is 5.10 Å². The van der Waals surface area contributed by atoms with E-state index in [1.54, 1.807) is 0 Å². The van der Waals surface area contributed by atoms with Crippen molar-refractivity contribution in [3.63, 3.8) is 0 Å². The highest BCUT2D eigenvalue weighted by Crippen LogP contribution is 2.22. The fourth-order valence-electron chi connectivity index (χ4n) is 2.23. The first-order chi connectivity index (χ1) is 8.08. The van der Waals surface area contributed by atoms with Gasteiger partial charge in [-0.3, -0.25) is 9.58 Å². The number of nitrogens with two attached hydrogens (primary N) is 1. The molecule has 5 heteroatoms. The molecule has 96 valence electrons. The van der Waals surface area contributed by atoms with Gasteiger partial charge in [-0.1, -0.05) is 0 Å². The zero-order valence-corrected chi connectivity index (χ0v) is 10.8. The molecule has 1 fully saturated rings. The van der Waals surface area contributed by atoms with Crippen LogP contribution in [-0.2, 0) is 11.8 Å². The van der Waals surface area contributed by atoms with E-state index in [9.17, 15) is 0 Å². The number of nitrogens with zero attached hydrogens (tertiary/aromatic N) is 3. The normalized spacial score (nSPS) is 25.8. The third-order valence-electron chi connectivity index (χ3n) is 3.47. The van der Waals surface area contributed by atoms with Gasteiger partial charge in [-0.25, -0.2) is 0 Å². The Kier molecular flexibility index (Phi) is 3.81. The van der Waals surface area contributed by atoms with Crippen LogP contribution in [0.3, 0.4) is 0 Å². The number of morpholine rings is 1. The van der Waals surface area contributed by atoms with Crippen LogP contribution in [0.25, 0.3) is 0 Å². The molecule has 0 aromatic carbocycles. The van der Waals surface area contributed by atoms with E-state index in [2.05, 4.69) is 23.1 Å². The van der Waals surface area contributed by atoms with Crippen molar-refractivity contribution in [1.29, 1.82) is 0 Å². The van der Waals surface area contributed by atoms with E-state index >= 15 is 0 Å². The van der Waals surface area contributed by atoms with Crippen LogP contribution >= 0.6 is 0 Å². The van der Waals surface area contributed by atoms with Crippen molar-refractivity contribution in [2.75, 3.05) is 19.7 Å². The minimum absolute atomic E-state index is 0.0823. The van der Waals surface area contributed by atoms with Gasteiger partial charge in [-0.05, 0) is 13.8 Å². The first kappa shape index (κ1) is 12.5. The van der Waals surface area contributed by atoms with Crippen LogP contribution in [0.4, 0.5) is 0 Å². The van der Waals surface area contributed by atoms with Crippen molar-refractivity contribution in [2.45, 2.75) is 32.0 Å². The molecule has 1 saturated heterocycles. The van der Waals surface area contributed by atoms with E-state index in [0.29, 0.717) is 6.04 Å². The van der Waals surface area contributed by atoms with Crippen LogP contribution in [0.5, 0.6) is 0 Å². The fourth-order valence-corrected chi connectivity index (χ4v) is 2.23. The van der Waals surface area contributed by atoms with Gasteiger partial charge in [0.05, 0.1) is 18.9 Å². The number of aromatic nitrogens is 2. The Labute approximate surface area is 103 Å². The second kappa shape index (κ2) is 5.16. The molecule has 5 nitrogen and oxygen atoms in total. The Morgan fingerprint density at radius 3 is 2.88 bits per heavy atom. The Hall–Kier alpha value is -0.910. The van der Waals surface area contributed by atoms with E-state index in [-0.39, 0.29) is 12.1 Å². The molecule has 2 heterocycles. The molecule has 0 spiro atoms. The van der Waals surface area contributed by atoms with E-state index in [0.717, 1.165) is 19.7 Å². The lowest BCUT2D eigenvalue weighted by molar-refractivity contribution is -0.0498. The SMILES string of the molecule is CC(N)C1CN(C(C)c2cnn(C)c2)CCO1. The topological polar surface area (TPSA) is 56.3 Å². The number of ether oxygens (including phenoxy) is 1. The molecule has 0 radical (unpaired) electrons. The summed E-state index contributed by atoms with van der Waals surface area (Å²) in [4.78, 5) is 2.41. The largest absolute Gasteiger partial charge is 0.374 e. The van der Waals surface area contributed by atoms with Crippen molar-refractivity contribution in [2.24, 2.45) is 12.8 Å². The van der Waals surface area contributed by atoms with Crippen LogP contribution in [0, 0.1) is 0 Å². The zero-order chi connectivity index (χ0) is 12.4. The van der Waals surface area contributed by atoms with Crippen LogP contribution in [0.15, 0.2) is 12.4 Å². The third kappa shape index (κ3) is 2.86. The van der Waals surface area contributed by atoms with Gasteiger partial charge in [0.1, 0.15) is 0 Å². The molecule has 3 atom stereocenters. The third-order valence-corrected chi connectivity index (χ3v) is 3.47. The highest BCUT2D eigenvalue weighted by molar-refractivity contribution is 5.09. The highest BCUT2D eigenvalue weighted by atomic mass is 16.5. The number of hydrogen-bond acceptors (Lipinski definition) is 4. The van der Waals surface area contributed by atoms with Crippen molar-refractivity contribution >= 4 is 0 Å². The lowest BCUT2D eigenvalue weighted by atomic mass is 10.1. The first-order valence-corrected chi connectivity index (χ1v) is 6.17. The van der Waals surface area contributed by atoms with Crippen LogP contribution in [0.2, 0.25) is 0 Å². The minimum Gasteiger partial charge on any atom is -0.374 e. The minimum atomic E-state index is 0.0823. The standard InChI is InChI=1S/C12H22N4O/c1-9(13)12-8-16(4-5-17-12)10(2)11-6-14-15(3)7-11/h6-7,9-10,12H,4-5,8,13H2,1-3H3. The lowest BCUT2D eigenvalue weighted by Gasteiger charge is -2.37.